The van der Waals surface area contributed by atoms with E-state index in [9.17, 15) is 4.79 Å². The molecule has 0 heterocycles. The van der Waals surface area contributed by atoms with Gasteiger partial charge in [0.2, 0.25) is 0 Å². The fourth-order valence-electron chi connectivity index (χ4n) is 3.52. The number of carbonyl (C=O) groups is 1. The minimum atomic E-state index is -0.280. The summed E-state index contributed by atoms with van der Waals surface area (Å²) >= 11 is 0. The van der Waals surface area contributed by atoms with Crippen molar-refractivity contribution in [2.24, 2.45) is 5.41 Å². The van der Waals surface area contributed by atoms with E-state index < -0.39 is 0 Å². The highest BCUT2D eigenvalue weighted by Gasteiger charge is 2.17. The van der Waals surface area contributed by atoms with Gasteiger partial charge in [0.1, 0.15) is 0 Å². The SMILES string of the molecule is CC(C)c1cccc(OOC(=O)CCCCCCCCC(C)(C)C)c1C(C)C. The van der Waals surface area contributed by atoms with Gasteiger partial charge in [-0.2, -0.15) is 0 Å². The third-order valence-corrected chi connectivity index (χ3v) is 5.08. The lowest BCUT2D eigenvalue weighted by molar-refractivity contribution is -0.214. The van der Waals surface area contributed by atoms with E-state index in [1.54, 1.807) is 0 Å². The van der Waals surface area contributed by atoms with Crippen LogP contribution in [-0.2, 0) is 9.68 Å². The first kappa shape index (κ1) is 24.5. The van der Waals surface area contributed by atoms with Crippen molar-refractivity contribution in [1.29, 1.82) is 0 Å². The zero-order valence-electron chi connectivity index (χ0n) is 19.3. The number of carbonyl (C=O) groups excluding carboxylic acids is 1. The largest absolute Gasteiger partial charge is 0.355 e. The molecule has 1 rings (SSSR count). The molecule has 0 fully saturated rings. The molecular formula is C25H42O3. The first-order valence-electron chi connectivity index (χ1n) is 11.1. The summed E-state index contributed by atoms with van der Waals surface area (Å²) in [7, 11) is 0. The standard InChI is InChI=1S/C25H42O3/c1-19(2)21-15-14-16-22(24(21)20(3)4)27-28-23(26)17-12-10-8-9-11-13-18-25(5,6)7/h14-16,19-20H,8-13,17-18H2,1-7H3. The predicted molar refractivity (Wildman–Crippen MR) is 118 cm³/mol. The van der Waals surface area contributed by atoms with Gasteiger partial charge in [-0.05, 0) is 41.7 Å². The lowest BCUT2D eigenvalue weighted by atomic mass is 9.89. The minimum Gasteiger partial charge on any atom is -0.287 e. The van der Waals surface area contributed by atoms with E-state index in [-0.39, 0.29) is 5.97 Å². The van der Waals surface area contributed by atoms with Crippen molar-refractivity contribution in [3.63, 3.8) is 0 Å². The summed E-state index contributed by atoms with van der Waals surface area (Å²) < 4.78 is 0. The molecule has 28 heavy (non-hydrogen) atoms. The normalized spacial score (nSPS) is 11.9. The average Bonchev–Trinajstić information content (AvgIpc) is 2.60. The van der Waals surface area contributed by atoms with Gasteiger partial charge < -0.3 is 0 Å². The van der Waals surface area contributed by atoms with Crippen LogP contribution >= 0.6 is 0 Å². The Kier molecular flexibility index (Phi) is 10.6. The van der Waals surface area contributed by atoms with Crippen molar-refractivity contribution in [3.05, 3.63) is 29.3 Å². The van der Waals surface area contributed by atoms with Crippen LogP contribution < -0.4 is 4.89 Å². The Morgan fingerprint density at radius 2 is 1.50 bits per heavy atom. The van der Waals surface area contributed by atoms with Gasteiger partial charge in [-0.25, -0.2) is 4.79 Å². The van der Waals surface area contributed by atoms with Gasteiger partial charge in [0.05, 0.1) is 6.42 Å². The van der Waals surface area contributed by atoms with Gasteiger partial charge in [0.25, 0.3) is 0 Å². The number of hydrogen-bond donors (Lipinski definition) is 0. The Bertz CT molecular complexity index is 582. The van der Waals surface area contributed by atoms with Crippen molar-refractivity contribution in [2.45, 2.75) is 112 Å². The smallest absolute Gasteiger partial charge is 0.287 e. The first-order chi connectivity index (χ1) is 13.1. The zero-order chi connectivity index (χ0) is 21.2. The van der Waals surface area contributed by atoms with Gasteiger partial charge in [-0.15, -0.1) is 0 Å². The number of rotatable bonds is 12. The van der Waals surface area contributed by atoms with Crippen LogP contribution in [0.2, 0.25) is 0 Å². The Balaban J connectivity index is 2.30. The summed E-state index contributed by atoms with van der Waals surface area (Å²) in [6.45, 7) is 15.5. The van der Waals surface area contributed by atoms with Gasteiger partial charge in [0.15, 0.2) is 5.75 Å². The molecule has 1 aromatic rings. The van der Waals surface area contributed by atoms with Gasteiger partial charge in [-0.3, -0.25) is 9.78 Å². The fourth-order valence-corrected chi connectivity index (χ4v) is 3.52. The third kappa shape index (κ3) is 9.61. The molecule has 0 aromatic heterocycles. The monoisotopic (exact) mass is 390 g/mol. The molecule has 0 aliphatic carbocycles. The molecule has 160 valence electrons. The van der Waals surface area contributed by atoms with Gasteiger partial charge in [-0.1, -0.05) is 92.7 Å². The van der Waals surface area contributed by atoms with Crippen molar-refractivity contribution < 1.29 is 14.6 Å². The Morgan fingerprint density at radius 3 is 2.07 bits per heavy atom. The quantitative estimate of drug-likeness (QED) is 0.206. The molecule has 0 radical (unpaired) electrons. The number of benzene rings is 1. The average molecular weight is 391 g/mol. The van der Waals surface area contributed by atoms with Gasteiger partial charge in [0, 0.05) is 5.56 Å². The van der Waals surface area contributed by atoms with Crippen LogP contribution in [0.25, 0.3) is 0 Å². The van der Waals surface area contributed by atoms with Gasteiger partial charge >= 0.3 is 5.97 Å². The van der Waals surface area contributed by atoms with Crippen LogP contribution in [0.5, 0.6) is 5.75 Å². The molecule has 1 aromatic carbocycles. The summed E-state index contributed by atoms with van der Waals surface area (Å²) in [4.78, 5) is 22.6. The van der Waals surface area contributed by atoms with E-state index in [4.69, 9.17) is 9.78 Å². The number of hydrogen-bond acceptors (Lipinski definition) is 3. The summed E-state index contributed by atoms with van der Waals surface area (Å²) in [5.74, 6) is 1.09. The maximum atomic E-state index is 12.0. The second kappa shape index (κ2) is 12.1. The van der Waals surface area contributed by atoms with E-state index in [0.29, 0.717) is 29.4 Å². The topological polar surface area (TPSA) is 35.5 Å². The molecule has 3 heteroatoms. The molecular weight excluding hydrogens is 348 g/mol. The Morgan fingerprint density at radius 1 is 0.893 bits per heavy atom. The first-order valence-corrected chi connectivity index (χ1v) is 11.1. The second-order valence-electron chi connectivity index (χ2n) is 9.79. The molecule has 0 spiro atoms. The van der Waals surface area contributed by atoms with E-state index in [0.717, 1.165) is 18.4 Å². The fraction of sp³-hybridized carbons (Fsp3) is 0.720. The maximum absolute atomic E-state index is 12.0. The molecule has 0 aliphatic rings. The lowest BCUT2D eigenvalue weighted by Gasteiger charge is -2.18. The van der Waals surface area contributed by atoms with Crippen LogP contribution in [0, 0.1) is 5.41 Å². The van der Waals surface area contributed by atoms with E-state index in [1.165, 1.54) is 37.7 Å². The molecule has 0 atom stereocenters. The predicted octanol–water partition coefficient (Wildman–Crippen LogP) is 7.94. The van der Waals surface area contributed by atoms with Crippen LogP contribution in [0.1, 0.15) is 123 Å². The molecule has 0 unspecified atom stereocenters. The minimum absolute atomic E-state index is 0.280. The van der Waals surface area contributed by atoms with Crippen LogP contribution in [0.4, 0.5) is 0 Å². The zero-order valence-corrected chi connectivity index (χ0v) is 19.3. The highest BCUT2D eigenvalue weighted by Crippen LogP contribution is 2.34. The summed E-state index contributed by atoms with van der Waals surface area (Å²) in [6.07, 6.45) is 8.67. The molecule has 0 bridgehead atoms. The van der Waals surface area contributed by atoms with Crippen LogP contribution in [0.15, 0.2) is 18.2 Å². The highest BCUT2D eigenvalue weighted by atomic mass is 17.2. The number of unbranched alkanes of at least 4 members (excludes halogenated alkanes) is 5. The summed E-state index contributed by atoms with van der Waals surface area (Å²) in [5, 5.41) is 0. The summed E-state index contributed by atoms with van der Waals surface area (Å²) in [5.41, 5.74) is 2.81. The molecule has 3 nitrogen and oxygen atoms in total. The van der Waals surface area contributed by atoms with E-state index >= 15 is 0 Å². The maximum Gasteiger partial charge on any atom is 0.355 e. The summed E-state index contributed by atoms with van der Waals surface area (Å²) in [6, 6.07) is 5.96. The Labute approximate surface area is 173 Å². The molecule has 0 amide bonds. The van der Waals surface area contributed by atoms with Crippen molar-refractivity contribution in [1.82, 2.24) is 0 Å². The van der Waals surface area contributed by atoms with Crippen LogP contribution in [-0.4, -0.2) is 5.97 Å². The molecule has 0 saturated carbocycles. The Hall–Kier alpha value is -1.51. The van der Waals surface area contributed by atoms with Crippen molar-refractivity contribution in [2.75, 3.05) is 0 Å². The van der Waals surface area contributed by atoms with E-state index in [1.807, 2.05) is 12.1 Å². The molecule has 0 aliphatic heterocycles. The van der Waals surface area contributed by atoms with Crippen LogP contribution in [0.3, 0.4) is 0 Å². The second-order valence-corrected chi connectivity index (χ2v) is 9.79. The molecule has 0 saturated heterocycles. The molecule has 0 N–H and O–H groups in total. The van der Waals surface area contributed by atoms with E-state index in [2.05, 4.69) is 54.5 Å². The van der Waals surface area contributed by atoms with Crippen molar-refractivity contribution in [3.8, 4) is 5.75 Å². The third-order valence-electron chi connectivity index (χ3n) is 5.08. The lowest BCUT2D eigenvalue weighted by Crippen LogP contribution is -2.10. The highest BCUT2D eigenvalue weighted by molar-refractivity contribution is 5.68. The van der Waals surface area contributed by atoms with Crippen molar-refractivity contribution >= 4 is 5.97 Å².